The summed E-state index contributed by atoms with van der Waals surface area (Å²) < 4.78 is 56.3. The first-order valence-electron chi connectivity index (χ1n) is 10.5. The molecule has 2 heterocycles. The SMILES string of the molecule is CC(C)n1c(=O)sc2cc(S(=O)(=O)N3CCC(C(=O)Nc4ccc(F)c(F)c4)CC3)ccc21. The Morgan fingerprint density at radius 3 is 2.42 bits per heavy atom. The number of sulfonamides is 1. The molecule has 0 aliphatic carbocycles. The number of piperidine rings is 1. The van der Waals surface area contributed by atoms with Crippen LogP contribution >= 0.6 is 11.3 Å². The van der Waals surface area contributed by atoms with Crippen LogP contribution in [-0.2, 0) is 14.8 Å². The van der Waals surface area contributed by atoms with Gasteiger partial charge in [-0.3, -0.25) is 14.2 Å². The van der Waals surface area contributed by atoms with Gasteiger partial charge in [0.1, 0.15) is 0 Å². The fourth-order valence-electron chi connectivity index (χ4n) is 3.99. The minimum Gasteiger partial charge on any atom is -0.326 e. The highest BCUT2D eigenvalue weighted by atomic mass is 32.2. The second kappa shape index (κ2) is 8.96. The van der Waals surface area contributed by atoms with Crippen molar-refractivity contribution in [3.8, 4) is 0 Å². The van der Waals surface area contributed by atoms with Gasteiger partial charge in [0.25, 0.3) is 0 Å². The predicted molar refractivity (Wildman–Crippen MR) is 123 cm³/mol. The lowest BCUT2D eigenvalue weighted by Gasteiger charge is -2.30. The zero-order chi connectivity index (χ0) is 23.9. The van der Waals surface area contributed by atoms with Crippen LogP contribution in [0.25, 0.3) is 10.2 Å². The molecule has 1 aromatic heterocycles. The van der Waals surface area contributed by atoms with E-state index in [1.165, 1.54) is 22.5 Å². The molecule has 4 rings (SSSR count). The lowest BCUT2D eigenvalue weighted by atomic mass is 9.97. The minimum atomic E-state index is -3.79. The minimum absolute atomic E-state index is 0.0368. The summed E-state index contributed by atoms with van der Waals surface area (Å²) in [5.74, 6) is -2.87. The topological polar surface area (TPSA) is 88.5 Å². The van der Waals surface area contributed by atoms with Crippen molar-refractivity contribution in [2.75, 3.05) is 18.4 Å². The standard InChI is InChI=1S/C22H23F2N3O4S2/c1-13(2)27-19-6-4-16(12-20(19)32-22(27)29)33(30,31)26-9-7-14(8-10-26)21(28)25-15-3-5-17(23)18(24)11-15/h3-6,11-14H,7-10H2,1-2H3,(H,25,28). The van der Waals surface area contributed by atoms with Crippen LogP contribution in [0.3, 0.4) is 0 Å². The van der Waals surface area contributed by atoms with Gasteiger partial charge in [0.15, 0.2) is 11.6 Å². The van der Waals surface area contributed by atoms with Crippen LogP contribution in [-0.4, -0.2) is 36.3 Å². The van der Waals surface area contributed by atoms with E-state index in [1.54, 1.807) is 10.6 Å². The van der Waals surface area contributed by atoms with Crippen molar-refractivity contribution >= 4 is 43.2 Å². The number of carbonyl (C=O) groups excluding carboxylic acids is 1. The fraction of sp³-hybridized carbons (Fsp3) is 0.364. The van der Waals surface area contributed by atoms with Gasteiger partial charge in [-0.1, -0.05) is 11.3 Å². The first-order valence-corrected chi connectivity index (χ1v) is 12.7. The van der Waals surface area contributed by atoms with Gasteiger partial charge in [0.2, 0.25) is 15.9 Å². The summed E-state index contributed by atoms with van der Waals surface area (Å²) in [4.78, 5) is 24.7. The third-order valence-electron chi connectivity index (χ3n) is 5.75. The van der Waals surface area contributed by atoms with Gasteiger partial charge in [-0.05, 0) is 57.0 Å². The molecule has 0 spiro atoms. The zero-order valence-corrected chi connectivity index (χ0v) is 19.7. The van der Waals surface area contributed by atoms with Crippen molar-refractivity contribution < 1.29 is 22.0 Å². The molecule has 1 aliphatic rings. The van der Waals surface area contributed by atoms with Crippen LogP contribution in [0.15, 0.2) is 46.1 Å². The largest absolute Gasteiger partial charge is 0.326 e. The number of anilines is 1. The highest BCUT2D eigenvalue weighted by Gasteiger charge is 2.32. The summed E-state index contributed by atoms with van der Waals surface area (Å²) in [7, 11) is -3.79. The third-order valence-corrected chi connectivity index (χ3v) is 8.56. The zero-order valence-electron chi connectivity index (χ0n) is 18.0. The molecular formula is C22H23F2N3O4S2. The Morgan fingerprint density at radius 1 is 1.09 bits per heavy atom. The number of hydrogen-bond donors (Lipinski definition) is 1. The Balaban J connectivity index is 1.46. The van der Waals surface area contributed by atoms with Crippen molar-refractivity contribution in [2.45, 2.75) is 37.6 Å². The number of halogens is 2. The molecule has 0 radical (unpaired) electrons. The number of rotatable bonds is 5. The normalized spacial score (nSPS) is 15.9. The predicted octanol–water partition coefficient (Wildman–Crippen LogP) is 3.96. The number of carbonyl (C=O) groups is 1. The number of aromatic nitrogens is 1. The number of hydrogen-bond acceptors (Lipinski definition) is 5. The summed E-state index contributed by atoms with van der Waals surface area (Å²) in [5.41, 5.74) is 0.848. The molecule has 1 saturated heterocycles. The van der Waals surface area contributed by atoms with Gasteiger partial charge in [-0.25, -0.2) is 17.2 Å². The van der Waals surface area contributed by atoms with Crippen molar-refractivity contribution in [1.29, 1.82) is 0 Å². The summed E-state index contributed by atoms with van der Waals surface area (Å²) in [6, 6.07) is 7.76. The number of benzene rings is 2. The van der Waals surface area contributed by atoms with E-state index in [4.69, 9.17) is 0 Å². The first kappa shape index (κ1) is 23.5. The monoisotopic (exact) mass is 495 g/mol. The molecule has 1 fully saturated rings. The molecule has 33 heavy (non-hydrogen) atoms. The fourth-order valence-corrected chi connectivity index (χ4v) is 6.62. The first-order chi connectivity index (χ1) is 15.6. The maximum Gasteiger partial charge on any atom is 0.308 e. The van der Waals surface area contributed by atoms with Gasteiger partial charge in [0.05, 0.1) is 15.1 Å². The molecule has 0 unspecified atom stereocenters. The van der Waals surface area contributed by atoms with Crippen molar-refractivity contribution in [1.82, 2.24) is 8.87 Å². The lowest BCUT2D eigenvalue weighted by Crippen LogP contribution is -2.41. The molecule has 1 amide bonds. The summed E-state index contributed by atoms with van der Waals surface area (Å²) in [6.45, 7) is 4.09. The van der Waals surface area contributed by atoms with Gasteiger partial charge in [-0.15, -0.1) is 0 Å². The number of fused-ring (bicyclic) bond motifs is 1. The quantitative estimate of drug-likeness (QED) is 0.580. The summed E-state index contributed by atoms with van der Waals surface area (Å²) in [6.07, 6.45) is 0.599. The number of amides is 1. The second-order valence-corrected chi connectivity index (χ2v) is 11.2. The van der Waals surface area contributed by atoms with E-state index in [1.807, 2.05) is 13.8 Å². The average molecular weight is 496 g/mol. The Labute approximate surface area is 193 Å². The Bertz CT molecular complexity index is 1370. The maximum atomic E-state index is 13.4. The van der Waals surface area contributed by atoms with E-state index < -0.39 is 27.6 Å². The van der Waals surface area contributed by atoms with E-state index in [-0.39, 0.29) is 40.5 Å². The Morgan fingerprint density at radius 2 is 1.79 bits per heavy atom. The smallest absolute Gasteiger partial charge is 0.308 e. The van der Waals surface area contributed by atoms with E-state index >= 15 is 0 Å². The highest BCUT2D eigenvalue weighted by Crippen LogP contribution is 2.29. The molecular weight excluding hydrogens is 472 g/mol. The molecule has 176 valence electrons. The van der Waals surface area contributed by atoms with Gasteiger partial charge >= 0.3 is 4.87 Å². The molecule has 0 saturated carbocycles. The molecule has 2 aromatic carbocycles. The Kier molecular flexibility index (Phi) is 6.39. The van der Waals surface area contributed by atoms with Gasteiger partial charge < -0.3 is 5.32 Å². The third kappa shape index (κ3) is 4.57. The van der Waals surface area contributed by atoms with E-state index in [2.05, 4.69) is 5.32 Å². The van der Waals surface area contributed by atoms with Crippen LogP contribution in [0.1, 0.15) is 32.7 Å². The second-order valence-electron chi connectivity index (χ2n) is 8.26. The van der Waals surface area contributed by atoms with Crippen LogP contribution in [0, 0.1) is 17.6 Å². The number of nitrogens with zero attached hydrogens (tertiary/aromatic N) is 2. The van der Waals surface area contributed by atoms with E-state index in [9.17, 15) is 26.8 Å². The highest BCUT2D eigenvalue weighted by molar-refractivity contribution is 7.89. The summed E-state index contributed by atoms with van der Waals surface area (Å²) in [5, 5.41) is 2.56. The molecule has 1 aliphatic heterocycles. The van der Waals surface area contributed by atoms with Crippen molar-refractivity contribution in [3.63, 3.8) is 0 Å². The van der Waals surface area contributed by atoms with Crippen LogP contribution < -0.4 is 10.2 Å². The Hall–Kier alpha value is -2.63. The molecule has 11 heteroatoms. The lowest BCUT2D eigenvalue weighted by molar-refractivity contribution is -0.120. The average Bonchev–Trinajstić information content (AvgIpc) is 3.11. The molecule has 7 nitrogen and oxygen atoms in total. The molecule has 1 N–H and O–H groups in total. The van der Waals surface area contributed by atoms with E-state index in [0.29, 0.717) is 23.1 Å². The molecule has 0 atom stereocenters. The molecule has 0 bridgehead atoms. The van der Waals surface area contributed by atoms with Crippen LogP contribution in [0.5, 0.6) is 0 Å². The number of thiazole rings is 1. The molecule has 3 aromatic rings. The number of nitrogens with one attached hydrogen (secondary N) is 1. The maximum absolute atomic E-state index is 13.4. The van der Waals surface area contributed by atoms with Gasteiger partial charge in [-0.2, -0.15) is 4.31 Å². The van der Waals surface area contributed by atoms with Crippen molar-refractivity contribution in [2.24, 2.45) is 5.92 Å². The van der Waals surface area contributed by atoms with Crippen molar-refractivity contribution in [3.05, 3.63) is 57.7 Å². The van der Waals surface area contributed by atoms with Crippen LogP contribution in [0.2, 0.25) is 0 Å². The van der Waals surface area contributed by atoms with Gasteiger partial charge in [0, 0.05) is 36.8 Å². The summed E-state index contributed by atoms with van der Waals surface area (Å²) >= 11 is 1.01. The van der Waals surface area contributed by atoms with Crippen LogP contribution in [0.4, 0.5) is 14.5 Å². The van der Waals surface area contributed by atoms with E-state index in [0.717, 1.165) is 23.5 Å².